The monoisotopic (exact) mass is 453 g/mol. The topological polar surface area (TPSA) is 65.8 Å². The zero-order chi connectivity index (χ0) is 19.4. The summed E-state index contributed by atoms with van der Waals surface area (Å²) in [5, 5.41) is 3.41. The Morgan fingerprint density at radius 1 is 1.19 bits per heavy atom. The van der Waals surface area contributed by atoms with E-state index in [-0.39, 0.29) is 17.6 Å². The molecule has 1 saturated heterocycles. The molecule has 0 saturated carbocycles. The van der Waals surface area contributed by atoms with Crippen molar-refractivity contribution in [3.8, 4) is 0 Å². The number of nitrogens with zero attached hydrogens (tertiary/aromatic N) is 2. The highest BCUT2D eigenvalue weighted by atomic mass is 79.9. The molecule has 2 aromatic rings. The van der Waals surface area contributed by atoms with Gasteiger partial charge in [0.2, 0.25) is 5.91 Å². The molecule has 8 heteroatoms. The Hall–Kier alpha value is -1.99. The van der Waals surface area contributed by atoms with E-state index >= 15 is 0 Å². The number of carbonyl (C=O) groups is 2. The molecule has 0 spiro atoms. The number of benzene rings is 1. The number of furan rings is 1. The van der Waals surface area contributed by atoms with Crippen molar-refractivity contribution in [1.82, 2.24) is 4.90 Å². The number of hydrogen-bond acceptors (Lipinski definition) is 4. The summed E-state index contributed by atoms with van der Waals surface area (Å²) in [6, 6.07) is 8.67. The maximum absolute atomic E-state index is 12.4. The SMILES string of the molecule is CCCC(=O)N1CCN(c2ccc(Cl)cc2NC(=O)c2ccc(Br)o2)CC1. The van der Waals surface area contributed by atoms with Crippen LogP contribution in [0.25, 0.3) is 0 Å². The Kier molecular flexibility index (Phi) is 6.44. The minimum atomic E-state index is -0.346. The molecule has 0 radical (unpaired) electrons. The highest BCUT2D eigenvalue weighted by Gasteiger charge is 2.23. The van der Waals surface area contributed by atoms with E-state index in [1.165, 1.54) is 0 Å². The molecule has 3 rings (SSSR count). The summed E-state index contributed by atoms with van der Waals surface area (Å²) in [5.74, 6) is 0.0638. The van der Waals surface area contributed by atoms with Crippen LogP contribution >= 0.6 is 27.5 Å². The molecule has 144 valence electrons. The van der Waals surface area contributed by atoms with Gasteiger partial charge in [0.05, 0.1) is 11.4 Å². The predicted octanol–water partition coefficient (Wildman–Crippen LogP) is 4.40. The molecule has 0 aliphatic carbocycles. The van der Waals surface area contributed by atoms with Crippen LogP contribution in [0.15, 0.2) is 39.4 Å². The second-order valence-corrected chi connectivity index (χ2v) is 7.56. The summed E-state index contributed by atoms with van der Waals surface area (Å²) >= 11 is 9.33. The van der Waals surface area contributed by atoms with Crippen molar-refractivity contribution < 1.29 is 14.0 Å². The smallest absolute Gasteiger partial charge is 0.291 e. The van der Waals surface area contributed by atoms with Crippen LogP contribution in [0.4, 0.5) is 11.4 Å². The van der Waals surface area contributed by atoms with Crippen molar-refractivity contribution in [2.45, 2.75) is 19.8 Å². The van der Waals surface area contributed by atoms with E-state index in [0.29, 0.717) is 48.0 Å². The predicted molar refractivity (Wildman–Crippen MR) is 110 cm³/mol. The summed E-state index contributed by atoms with van der Waals surface area (Å²) in [7, 11) is 0. The summed E-state index contributed by atoms with van der Waals surface area (Å²) in [5.41, 5.74) is 1.49. The van der Waals surface area contributed by atoms with E-state index in [0.717, 1.165) is 12.1 Å². The molecule has 0 unspecified atom stereocenters. The van der Waals surface area contributed by atoms with Crippen molar-refractivity contribution in [3.05, 3.63) is 45.8 Å². The third-order valence-electron chi connectivity index (χ3n) is 4.44. The zero-order valence-corrected chi connectivity index (χ0v) is 17.3. The van der Waals surface area contributed by atoms with Gasteiger partial charge in [0.25, 0.3) is 5.91 Å². The lowest BCUT2D eigenvalue weighted by atomic mass is 10.2. The number of rotatable bonds is 5. The molecule has 0 atom stereocenters. The number of piperazine rings is 1. The lowest BCUT2D eigenvalue weighted by molar-refractivity contribution is -0.131. The van der Waals surface area contributed by atoms with Gasteiger partial charge >= 0.3 is 0 Å². The van der Waals surface area contributed by atoms with Gasteiger partial charge in [-0.15, -0.1) is 0 Å². The summed E-state index contributed by atoms with van der Waals surface area (Å²) in [4.78, 5) is 28.6. The molecule has 2 amide bonds. The highest BCUT2D eigenvalue weighted by molar-refractivity contribution is 9.10. The maximum Gasteiger partial charge on any atom is 0.291 e. The summed E-state index contributed by atoms with van der Waals surface area (Å²) in [6.07, 6.45) is 1.44. The number of amides is 2. The van der Waals surface area contributed by atoms with Gasteiger partial charge in [0.15, 0.2) is 10.4 Å². The third kappa shape index (κ3) is 4.84. The van der Waals surface area contributed by atoms with Crippen LogP contribution in [0.2, 0.25) is 5.02 Å². The lowest BCUT2D eigenvalue weighted by Crippen LogP contribution is -2.48. The van der Waals surface area contributed by atoms with Gasteiger partial charge in [0.1, 0.15) is 0 Å². The van der Waals surface area contributed by atoms with Gasteiger partial charge in [0, 0.05) is 37.6 Å². The normalized spacial score (nSPS) is 14.3. The van der Waals surface area contributed by atoms with Gasteiger partial charge in [-0.25, -0.2) is 0 Å². The first kappa shape index (κ1) is 19.8. The largest absolute Gasteiger partial charge is 0.444 e. The maximum atomic E-state index is 12.4. The van der Waals surface area contributed by atoms with Crippen LogP contribution < -0.4 is 10.2 Å². The first-order chi connectivity index (χ1) is 13.0. The minimum Gasteiger partial charge on any atom is -0.444 e. The van der Waals surface area contributed by atoms with Crippen molar-refractivity contribution >= 4 is 50.7 Å². The molecule has 1 aliphatic rings. The molecule has 1 N–H and O–H groups in total. The fourth-order valence-electron chi connectivity index (χ4n) is 3.07. The first-order valence-corrected chi connectivity index (χ1v) is 10.0. The van der Waals surface area contributed by atoms with E-state index in [2.05, 4.69) is 26.1 Å². The zero-order valence-electron chi connectivity index (χ0n) is 15.0. The minimum absolute atomic E-state index is 0.199. The third-order valence-corrected chi connectivity index (χ3v) is 5.10. The van der Waals surface area contributed by atoms with E-state index in [4.69, 9.17) is 16.0 Å². The van der Waals surface area contributed by atoms with Gasteiger partial charge in [-0.05, 0) is 52.7 Å². The Morgan fingerprint density at radius 2 is 1.93 bits per heavy atom. The number of nitrogens with one attached hydrogen (secondary N) is 1. The molecule has 0 bridgehead atoms. The average Bonchev–Trinajstić information content (AvgIpc) is 3.09. The van der Waals surface area contributed by atoms with E-state index < -0.39 is 0 Å². The fraction of sp³-hybridized carbons (Fsp3) is 0.368. The Balaban J connectivity index is 1.73. The van der Waals surface area contributed by atoms with E-state index in [1.807, 2.05) is 17.9 Å². The van der Waals surface area contributed by atoms with Crippen LogP contribution in [0.5, 0.6) is 0 Å². The van der Waals surface area contributed by atoms with Crippen molar-refractivity contribution in [2.75, 3.05) is 36.4 Å². The van der Waals surface area contributed by atoms with E-state index in [1.54, 1.807) is 24.3 Å². The lowest BCUT2D eigenvalue weighted by Gasteiger charge is -2.37. The van der Waals surface area contributed by atoms with Gasteiger partial charge in [-0.3, -0.25) is 9.59 Å². The number of anilines is 2. The molecule has 2 heterocycles. The van der Waals surface area contributed by atoms with Crippen LogP contribution in [0, 0.1) is 0 Å². The summed E-state index contributed by atoms with van der Waals surface area (Å²) in [6.45, 7) is 4.74. The molecule has 1 aromatic heterocycles. The number of carbonyl (C=O) groups excluding carboxylic acids is 2. The van der Waals surface area contributed by atoms with E-state index in [9.17, 15) is 9.59 Å². The second-order valence-electron chi connectivity index (χ2n) is 6.34. The van der Waals surface area contributed by atoms with Crippen LogP contribution in [0.3, 0.4) is 0 Å². The standard InChI is InChI=1S/C19H21BrClN3O3/c1-2-3-18(25)24-10-8-23(9-11-24)15-5-4-13(21)12-14(15)22-19(26)16-6-7-17(20)27-16/h4-7,12H,2-3,8-11H2,1H3,(H,22,26). The molecule has 27 heavy (non-hydrogen) atoms. The fourth-order valence-corrected chi connectivity index (χ4v) is 3.55. The average molecular weight is 455 g/mol. The Morgan fingerprint density at radius 3 is 2.56 bits per heavy atom. The van der Waals surface area contributed by atoms with Gasteiger partial charge < -0.3 is 19.5 Å². The van der Waals surface area contributed by atoms with Gasteiger partial charge in [-0.1, -0.05) is 18.5 Å². The van der Waals surface area contributed by atoms with Crippen molar-refractivity contribution in [3.63, 3.8) is 0 Å². The molecule has 1 aliphatic heterocycles. The number of hydrogen-bond donors (Lipinski definition) is 1. The van der Waals surface area contributed by atoms with Crippen molar-refractivity contribution in [2.24, 2.45) is 0 Å². The molecular formula is C19H21BrClN3O3. The Labute approximate surface area is 171 Å². The quantitative estimate of drug-likeness (QED) is 0.727. The summed E-state index contributed by atoms with van der Waals surface area (Å²) < 4.78 is 5.80. The van der Waals surface area contributed by atoms with Crippen LogP contribution in [0.1, 0.15) is 30.3 Å². The Bertz CT molecular complexity index is 831. The van der Waals surface area contributed by atoms with Crippen molar-refractivity contribution in [1.29, 1.82) is 0 Å². The molecule has 1 aromatic carbocycles. The second kappa shape index (κ2) is 8.80. The number of halogens is 2. The molecule has 1 fully saturated rings. The van der Waals surface area contributed by atoms with Crippen LogP contribution in [-0.2, 0) is 4.79 Å². The van der Waals surface area contributed by atoms with Crippen LogP contribution in [-0.4, -0.2) is 42.9 Å². The van der Waals surface area contributed by atoms with Gasteiger partial charge in [-0.2, -0.15) is 0 Å². The molecular weight excluding hydrogens is 434 g/mol. The first-order valence-electron chi connectivity index (χ1n) is 8.87. The molecule has 6 nitrogen and oxygen atoms in total. The highest BCUT2D eigenvalue weighted by Crippen LogP contribution is 2.31.